The minimum absolute atomic E-state index is 0.785. The zero-order valence-electron chi connectivity index (χ0n) is 5.89. The standard InChI is InChI=1S/C9H9I/c1-6-2-3-8-7(4-6)5-9(8)10/h2-4,9H,5H2,1H3. The smallest absolute Gasteiger partial charge is 0.0402 e. The van der Waals surface area contributed by atoms with E-state index in [1.807, 2.05) is 0 Å². The highest BCUT2D eigenvalue weighted by molar-refractivity contribution is 14.1. The van der Waals surface area contributed by atoms with E-state index < -0.39 is 0 Å². The van der Waals surface area contributed by atoms with Crippen molar-refractivity contribution in [2.75, 3.05) is 0 Å². The fraction of sp³-hybridized carbons (Fsp3) is 0.333. The van der Waals surface area contributed by atoms with E-state index in [0.717, 1.165) is 3.92 Å². The molecule has 1 aromatic carbocycles. The van der Waals surface area contributed by atoms with Crippen LogP contribution in [0.3, 0.4) is 0 Å². The molecule has 0 heterocycles. The Morgan fingerprint density at radius 1 is 1.50 bits per heavy atom. The fourth-order valence-electron chi connectivity index (χ4n) is 1.39. The third kappa shape index (κ3) is 0.875. The van der Waals surface area contributed by atoms with E-state index in [4.69, 9.17) is 0 Å². The molecule has 0 bridgehead atoms. The lowest BCUT2D eigenvalue weighted by Crippen LogP contribution is -2.10. The van der Waals surface area contributed by atoms with Gasteiger partial charge in [-0.15, -0.1) is 0 Å². The molecule has 0 nitrogen and oxygen atoms in total. The summed E-state index contributed by atoms with van der Waals surface area (Å²) in [6, 6.07) is 6.75. The van der Waals surface area contributed by atoms with Crippen LogP contribution in [-0.2, 0) is 6.42 Å². The largest absolute Gasteiger partial charge is 0.0770 e. The molecule has 1 heteroatoms. The molecule has 1 aliphatic rings. The van der Waals surface area contributed by atoms with E-state index in [1.54, 1.807) is 11.1 Å². The fourth-order valence-corrected chi connectivity index (χ4v) is 2.47. The number of rotatable bonds is 0. The van der Waals surface area contributed by atoms with Gasteiger partial charge in [-0.3, -0.25) is 0 Å². The third-order valence-corrected chi connectivity index (χ3v) is 3.15. The summed E-state index contributed by atoms with van der Waals surface area (Å²) in [6.07, 6.45) is 1.28. The predicted molar refractivity (Wildman–Crippen MR) is 51.6 cm³/mol. The van der Waals surface area contributed by atoms with Crippen LogP contribution in [0.1, 0.15) is 20.6 Å². The number of benzene rings is 1. The molecule has 0 saturated heterocycles. The van der Waals surface area contributed by atoms with Gasteiger partial charge in [0.1, 0.15) is 0 Å². The predicted octanol–water partition coefficient (Wildman–Crippen LogP) is 3.03. The normalized spacial score (nSPS) is 21.6. The second-order valence-electron chi connectivity index (χ2n) is 2.87. The van der Waals surface area contributed by atoms with Gasteiger partial charge in [-0.25, -0.2) is 0 Å². The average molecular weight is 244 g/mol. The van der Waals surface area contributed by atoms with Crippen LogP contribution in [0, 0.1) is 6.92 Å². The lowest BCUT2D eigenvalue weighted by molar-refractivity contribution is 0.843. The van der Waals surface area contributed by atoms with E-state index in [2.05, 4.69) is 47.7 Å². The number of hydrogen-bond acceptors (Lipinski definition) is 0. The van der Waals surface area contributed by atoms with Gasteiger partial charge in [-0.2, -0.15) is 0 Å². The Labute approximate surface area is 74.8 Å². The highest BCUT2D eigenvalue weighted by atomic mass is 127. The number of halogens is 1. The lowest BCUT2D eigenvalue weighted by atomic mass is 9.87. The minimum atomic E-state index is 0.785. The second kappa shape index (κ2) is 2.22. The van der Waals surface area contributed by atoms with Crippen molar-refractivity contribution in [1.29, 1.82) is 0 Å². The van der Waals surface area contributed by atoms with Gasteiger partial charge in [0, 0.05) is 3.92 Å². The van der Waals surface area contributed by atoms with Crippen LogP contribution in [0.25, 0.3) is 0 Å². The molecule has 10 heavy (non-hydrogen) atoms. The topological polar surface area (TPSA) is 0 Å². The van der Waals surface area contributed by atoms with Gasteiger partial charge in [-0.05, 0) is 24.5 Å². The maximum Gasteiger partial charge on any atom is 0.0402 e. The molecule has 1 aliphatic carbocycles. The SMILES string of the molecule is Cc1ccc2c(c1)CC2I. The molecule has 0 aliphatic heterocycles. The Balaban J connectivity index is 2.49. The molecule has 1 aromatic rings. The highest BCUT2D eigenvalue weighted by Gasteiger charge is 2.22. The van der Waals surface area contributed by atoms with E-state index in [9.17, 15) is 0 Å². The van der Waals surface area contributed by atoms with Gasteiger partial charge in [0.2, 0.25) is 0 Å². The quantitative estimate of drug-likeness (QED) is 0.486. The monoisotopic (exact) mass is 244 g/mol. The molecular formula is C9H9I. The summed E-state index contributed by atoms with van der Waals surface area (Å²) >= 11 is 2.50. The van der Waals surface area contributed by atoms with Gasteiger partial charge < -0.3 is 0 Å². The summed E-state index contributed by atoms with van der Waals surface area (Å²) in [5, 5.41) is 0. The van der Waals surface area contributed by atoms with Crippen LogP contribution >= 0.6 is 22.6 Å². The maximum absolute atomic E-state index is 2.50. The average Bonchev–Trinajstić information content (AvgIpc) is 1.86. The van der Waals surface area contributed by atoms with Gasteiger partial charge in [0.05, 0.1) is 0 Å². The van der Waals surface area contributed by atoms with Gasteiger partial charge in [0.15, 0.2) is 0 Å². The number of hydrogen-bond donors (Lipinski definition) is 0. The van der Waals surface area contributed by atoms with Gasteiger partial charge >= 0.3 is 0 Å². The lowest BCUT2D eigenvalue weighted by Gasteiger charge is -2.25. The molecule has 0 aromatic heterocycles. The summed E-state index contributed by atoms with van der Waals surface area (Å²) in [5.74, 6) is 0. The van der Waals surface area contributed by atoms with E-state index in [-0.39, 0.29) is 0 Å². The van der Waals surface area contributed by atoms with Crippen LogP contribution in [-0.4, -0.2) is 0 Å². The maximum atomic E-state index is 2.50. The van der Waals surface area contributed by atoms with Crippen molar-refractivity contribution in [1.82, 2.24) is 0 Å². The first kappa shape index (κ1) is 6.65. The second-order valence-corrected chi connectivity index (χ2v) is 4.38. The van der Waals surface area contributed by atoms with Crippen LogP contribution in [0.15, 0.2) is 18.2 Å². The number of fused-ring (bicyclic) bond motifs is 1. The molecule has 0 radical (unpaired) electrons. The molecule has 2 rings (SSSR count). The first-order valence-electron chi connectivity index (χ1n) is 3.51. The number of aryl methyl sites for hydroxylation is 1. The Morgan fingerprint density at radius 3 is 2.90 bits per heavy atom. The van der Waals surface area contributed by atoms with E-state index in [1.165, 1.54) is 12.0 Å². The summed E-state index contributed by atoms with van der Waals surface area (Å²) < 4.78 is 0.785. The van der Waals surface area contributed by atoms with Crippen molar-refractivity contribution in [3.8, 4) is 0 Å². The Morgan fingerprint density at radius 2 is 2.30 bits per heavy atom. The summed E-state index contributed by atoms with van der Waals surface area (Å²) in [5.41, 5.74) is 4.49. The molecule has 0 amide bonds. The Kier molecular flexibility index (Phi) is 1.48. The zero-order chi connectivity index (χ0) is 7.14. The summed E-state index contributed by atoms with van der Waals surface area (Å²) in [7, 11) is 0. The van der Waals surface area contributed by atoms with Crippen LogP contribution in [0.5, 0.6) is 0 Å². The van der Waals surface area contributed by atoms with Gasteiger partial charge in [0.25, 0.3) is 0 Å². The summed E-state index contributed by atoms with van der Waals surface area (Å²) in [6.45, 7) is 2.15. The van der Waals surface area contributed by atoms with E-state index in [0.29, 0.717) is 0 Å². The molecule has 0 N–H and O–H groups in total. The van der Waals surface area contributed by atoms with Crippen LogP contribution in [0.2, 0.25) is 0 Å². The van der Waals surface area contributed by atoms with Crippen molar-refractivity contribution in [2.45, 2.75) is 17.3 Å². The Hall–Kier alpha value is -0.0500. The molecule has 1 atom stereocenters. The molecule has 52 valence electrons. The van der Waals surface area contributed by atoms with Crippen molar-refractivity contribution in [3.05, 3.63) is 34.9 Å². The molecular weight excluding hydrogens is 235 g/mol. The van der Waals surface area contributed by atoms with Crippen molar-refractivity contribution < 1.29 is 0 Å². The minimum Gasteiger partial charge on any atom is -0.0770 e. The molecule has 0 fully saturated rings. The van der Waals surface area contributed by atoms with Crippen LogP contribution in [0.4, 0.5) is 0 Å². The van der Waals surface area contributed by atoms with Gasteiger partial charge in [-0.1, -0.05) is 46.4 Å². The number of alkyl halides is 1. The first-order chi connectivity index (χ1) is 4.77. The van der Waals surface area contributed by atoms with E-state index >= 15 is 0 Å². The third-order valence-electron chi connectivity index (χ3n) is 2.04. The molecule has 0 spiro atoms. The zero-order valence-corrected chi connectivity index (χ0v) is 8.05. The van der Waals surface area contributed by atoms with Crippen molar-refractivity contribution in [2.24, 2.45) is 0 Å². The Bertz CT molecular complexity index is 265. The summed E-state index contributed by atoms with van der Waals surface area (Å²) in [4.78, 5) is 0. The first-order valence-corrected chi connectivity index (χ1v) is 4.75. The molecule has 1 unspecified atom stereocenters. The van der Waals surface area contributed by atoms with Crippen LogP contribution < -0.4 is 0 Å². The van der Waals surface area contributed by atoms with Crippen molar-refractivity contribution >= 4 is 22.6 Å². The van der Waals surface area contributed by atoms with Crippen molar-refractivity contribution in [3.63, 3.8) is 0 Å². The molecule has 0 saturated carbocycles. The highest BCUT2D eigenvalue weighted by Crippen LogP contribution is 2.40.